The van der Waals surface area contributed by atoms with Crippen molar-refractivity contribution in [1.29, 1.82) is 0 Å². The van der Waals surface area contributed by atoms with Crippen LogP contribution in [0.15, 0.2) is 30.3 Å². The van der Waals surface area contributed by atoms with Gasteiger partial charge in [-0.1, -0.05) is 64.4 Å². The third-order valence-corrected chi connectivity index (χ3v) is 3.41. The molecular formula is C17H24N2O. The lowest BCUT2D eigenvalue weighted by molar-refractivity contribution is 0.445. The zero-order valence-corrected chi connectivity index (χ0v) is 12.8. The lowest BCUT2D eigenvalue weighted by Gasteiger charge is -2.15. The van der Waals surface area contributed by atoms with Gasteiger partial charge in [-0.25, -0.2) is 0 Å². The molecule has 0 radical (unpaired) electrons. The molecule has 1 N–H and O–H groups in total. The minimum Gasteiger partial charge on any atom is -0.504 e. The Kier molecular flexibility index (Phi) is 4.17. The van der Waals surface area contributed by atoms with Gasteiger partial charge in [0.1, 0.15) is 11.4 Å². The Morgan fingerprint density at radius 1 is 1.15 bits per heavy atom. The van der Waals surface area contributed by atoms with E-state index in [-0.39, 0.29) is 5.41 Å². The average Bonchev–Trinajstić information content (AvgIpc) is 2.74. The van der Waals surface area contributed by atoms with Crippen LogP contribution in [0.4, 0.5) is 0 Å². The molecule has 2 rings (SSSR count). The molecule has 108 valence electrons. The van der Waals surface area contributed by atoms with E-state index in [0.717, 1.165) is 36.3 Å². The summed E-state index contributed by atoms with van der Waals surface area (Å²) in [4.78, 5) is 0. The monoisotopic (exact) mass is 272 g/mol. The molecule has 0 aliphatic carbocycles. The van der Waals surface area contributed by atoms with Gasteiger partial charge in [-0.2, -0.15) is 5.10 Å². The third-order valence-electron chi connectivity index (χ3n) is 3.41. The number of hydrogen-bond donors (Lipinski definition) is 1. The van der Waals surface area contributed by atoms with E-state index in [2.05, 4.69) is 32.8 Å². The molecule has 0 unspecified atom stereocenters. The van der Waals surface area contributed by atoms with E-state index in [1.807, 2.05) is 35.0 Å². The van der Waals surface area contributed by atoms with Crippen LogP contribution in [-0.4, -0.2) is 14.9 Å². The summed E-state index contributed by atoms with van der Waals surface area (Å²) in [7, 11) is 0. The van der Waals surface area contributed by atoms with E-state index < -0.39 is 0 Å². The second-order valence-corrected chi connectivity index (χ2v) is 6.24. The maximum Gasteiger partial charge on any atom is 0.165 e. The highest BCUT2D eigenvalue weighted by molar-refractivity contribution is 5.68. The Morgan fingerprint density at radius 2 is 1.80 bits per heavy atom. The van der Waals surface area contributed by atoms with Gasteiger partial charge in [-0.3, -0.25) is 4.68 Å². The molecule has 0 bridgehead atoms. The van der Waals surface area contributed by atoms with Crippen LogP contribution in [0.5, 0.6) is 5.75 Å². The van der Waals surface area contributed by atoms with Crippen molar-refractivity contribution in [3.63, 3.8) is 0 Å². The zero-order chi connectivity index (χ0) is 14.8. The number of aromatic hydroxyl groups is 1. The van der Waals surface area contributed by atoms with Crippen molar-refractivity contribution >= 4 is 0 Å². The molecule has 0 saturated heterocycles. The quantitative estimate of drug-likeness (QED) is 0.898. The van der Waals surface area contributed by atoms with Crippen LogP contribution >= 0.6 is 0 Å². The predicted molar refractivity (Wildman–Crippen MR) is 82.9 cm³/mol. The summed E-state index contributed by atoms with van der Waals surface area (Å²) < 4.78 is 1.95. The number of unbranched alkanes of at least 4 members (excludes halogenated alkanes) is 1. The molecule has 0 atom stereocenters. The fourth-order valence-corrected chi connectivity index (χ4v) is 2.31. The second-order valence-electron chi connectivity index (χ2n) is 6.24. The molecule has 0 fully saturated rings. The molecule has 3 heteroatoms. The van der Waals surface area contributed by atoms with E-state index >= 15 is 0 Å². The number of hydrogen-bond acceptors (Lipinski definition) is 2. The molecular weight excluding hydrogens is 248 g/mol. The van der Waals surface area contributed by atoms with Crippen molar-refractivity contribution in [2.75, 3.05) is 0 Å². The molecule has 0 amide bonds. The lowest BCUT2D eigenvalue weighted by Crippen LogP contribution is -2.13. The second kappa shape index (κ2) is 5.70. The summed E-state index contributed by atoms with van der Waals surface area (Å²) in [5, 5.41) is 15.3. The van der Waals surface area contributed by atoms with E-state index in [1.165, 1.54) is 0 Å². The van der Waals surface area contributed by atoms with Crippen molar-refractivity contribution in [2.45, 2.75) is 52.5 Å². The van der Waals surface area contributed by atoms with Gasteiger partial charge in [0.15, 0.2) is 5.75 Å². The zero-order valence-electron chi connectivity index (χ0n) is 12.8. The molecule has 0 aliphatic rings. The SMILES string of the molecule is CCCCn1nc(C(C)(C)C)c(O)c1-c1ccccc1. The van der Waals surface area contributed by atoms with Gasteiger partial charge in [0.25, 0.3) is 0 Å². The van der Waals surface area contributed by atoms with Crippen LogP contribution in [0.2, 0.25) is 0 Å². The maximum atomic E-state index is 10.6. The number of aromatic nitrogens is 2. The van der Waals surface area contributed by atoms with Gasteiger partial charge < -0.3 is 5.11 Å². The van der Waals surface area contributed by atoms with Crippen molar-refractivity contribution in [1.82, 2.24) is 9.78 Å². The van der Waals surface area contributed by atoms with Crippen molar-refractivity contribution in [3.05, 3.63) is 36.0 Å². The number of aryl methyl sites for hydroxylation is 1. The van der Waals surface area contributed by atoms with Gasteiger partial charge in [0.05, 0.1) is 0 Å². The summed E-state index contributed by atoms with van der Waals surface area (Å²) in [6, 6.07) is 10.0. The van der Waals surface area contributed by atoms with Gasteiger partial charge in [-0.15, -0.1) is 0 Å². The lowest BCUT2D eigenvalue weighted by atomic mass is 9.91. The fraction of sp³-hybridized carbons (Fsp3) is 0.471. The molecule has 0 saturated carbocycles. The Balaban J connectivity index is 2.55. The highest BCUT2D eigenvalue weighted by atomic mass is 16.3. The highest BCUT2D eigenvalue weighted by Crippen LogP contribution is 2.38. The van der Waals surface area contributed by atoms with E-state index in [1.54, 1.807) is 0 Å². The van der Waals surface area contributed by atoms with Crippen molar-refractivity contribution in [3.8, 4) is 17.0 Å². The summed E-state index contributed by atoms with van der Waals surface area (Å²) in [6.07, 6.45) is 2.17. The van der Waals surface area contributed by atoms with Gasteiger partial charge in [0.2, 0.25) is 0 Å². The number of benzene rings is 1. The molecule has 1 aromatic carbocycles. The number of nitrogens with zero attached hydrogens (tertiary/aromatic N) is 2. The summed E-state index contributed by atoms with van der Waals surface area (Å²) in [5.74, 6) is 0.319. The van der Waals surface area contributed by atoms with Crippen LogP contribution in [0.1, 0.15) is 46.2 Å². The van der Waals surface area contributed by atoms with Crippen LogP contribution in [0.3, 0.4) is 0 Å². The molecule has 1 aromatic heterocycles. The number of rotatable bonds is 4. The summed E-state index contributed by atoms with van der Waals surface area (Å²) in [6.45, 7) is 9.23. The fourth-order valence-electron chi connectivity index (χ4n) is 2.31. The largest absolute Gasteiger partial charge is 0.504 e. The maximum absolute atomic E-state index is 10.6. The van der Waals surface area contributed by atoms with Crippen molar-refractivity contribution in [2.24, 2.45) is 0 Å². The van der Waals surface area contributed by atoms with Crippen molar-refractivity contribution < 1.29 is 5.11 Å². The Hall–Kier alpha value is -1.77. The third kappa shape index (κ3) is 2.87. The Bertz CT molecular complexity index is 565. The summed E-state index contributed by atoms with van der Waals surface area (Å²) >= 11 is 0. The van der Waals surface area contributed by atoms with Crippen LogP contribution < -0.4 is 0 Å². The Labute approximate surface area is 121 Å². The molecule has 0 spiro atoms. The first kappa shape index (κ1) is 14.6. The van der Waals surface area contributed by atoms with Gasteiger partial charge in [-0.05, 0) is 6.42 Å². The first-order valence-electron chi connectivity index (χ1n) is 7.30. The van der Waals surface area contributed by atoms with Crippen LogP contribution in [0.25, 0.3) is 11.3 Å². The van der Waals surface area contributed by atoms with E-state index in [0.29, 0.717) is 5.75 Å². The van der Waals surface area contributed by atoms with E-state index in [4.69, 9.17) is 0 Å². The average molecular weight is 272 g/mol. The van der Waals surface area contributed by atoms with Gasteiger partial charge >= 0.3 is 0 Å². The normalized spacial score (nSPS) is 11.8. The topological polar surface area (TPSA) is 38.0 Å². The minimum absolute atomic E-state index is 0.162. The van der Waals surface area contributed by atoms with Crippen LogP contribution in [-0.2, 0) is 12.0 Å². The molecule has 20 heavy (non-hydrogen) atoms. The Morgan fingerprint density at radius 3 is 2.35 bits per heavy atom. The predicted octanol–water partition coefficient (Wildman–Crippen LogP) is 4.35. The first-order chi connectivity index (χ1) is 9.45. The molecule has 0 aliphatic heterocycles. The first-order valence-corrected chi connectivity index (χ1v) is 7.30. The molecule has 2 aromatic rings. The molecule has 1 heterocycles. The van der Waals surface area contributed by atoms with Gasteiger partial charge in [0, 0.05) is 17.5 Å². The van der Waals surface area contributed by atoms with Crippen LogP contribution in [0, 0.1) is 0 Å². The summed E-state index contributed by atoms with van der Waals surface area (Å²) in [5.41, 5.74) is 2.46. The minimum atomic E-state index is -0.162. The van der Waals surface area contributed by atoms with E-state index in [9.17, 15) is 5.11 Å². The smallest absolute Gasteiger partial charge is 0.165 e. The highest BCUT2D eigenvalue weighted by Gasteiger charge is 2.27. The molecule has 3 nitrogen and oxygen atoms in total. The standard InChI is InChI=1S/C17H24N2O/c1-5-6-12-19-14(13-10-8-7-9-11-13)15(20)16(18-19)17(2,3)4/h7-11,20H,5-6,12H2,1-4H3.